The van der Waals surface area contributed by atoms with Gasteiger partial charge in [-0.3, -0.25) is 4.79 Å². The van der Waals surface area contributed by atoms with E-state index in [4.69, 9.17) is 5.73 Å². The molecule has 6 heteroatoms. The molecule has 1 aliphatic heterocycles. The molecule has 0 unspecified atom stereocenters. The van der Waals surface area contributed by atoms with Crippen molar-refractivity contribution >= 4 is 11.9 Å². The number of nitrogens with one attached hydrogen (secondary N) is 1. The van der Waals surface area contributed by atoms with Crippen LogP contribution in [0.1, 0.15) is 31.2 Å². The van der Waals surface area contributed by atoms with Crippen LogP contribution in [0.3, 0.4) is 0 Å². The van der Waals surface area contributed by atoms with Gasteiger partial charge in [-0.1, -0.05) is 0 Å². The standard InChI is InChI=1S/C14H21N5O/c15-13(20)11-3-5-19(6-4-11)14-17-8-10(9-18-14)7-16-12-1-2-12/h8-9,11-12,16H,1-7H2,(H2,15,20). The topological polar surface area (TPSA) is 84.1 Å². The maximum absolute atomic E-state index is 11.1. The molecular weight excluding hydrogens is 254 g/mol. The van der Waals surface area contributed by atoms with Crippen molar-refractivity contribution in [2.24, 2.45) is 11.7 Å². The maximum atomic E-state index is 11.1. The molecule has 1 aliphatic carbocycles. The fourth-order valence-corrected chi connectivity index (χ4v) is 2.52. The molecule has 108 valence electrons. The molecule has 1 aromatic heterocycles. The minimum absolute atomic E-state index is 0.00765. The number of nitrogens with zero attached hydrogens (tertiary/aromatic N) is 3. The summed E-state index contributed by atoms with van der Waals surface area (Å²) >= 11 is 0. The normalized spacial score (nSPS) is 20.1. The van der Waals surface area contributed by atoms with Gasteiger partial charge in [0.1, 0.15) is 0 Å². The number of hydrogen-bond donors (Lipinski definition) is 2. The summed E-state index contributed by atoms with van der Waals surface area (Å²) in [7, 11) is 0. The van der Waals surface area contributed by atoms with Crippen molar-refractivity contribution in [3.8, 4) is 0 Å². The van der Waals surface area contributed by atoms with Crippen molar-refractivity contribution in [3.05, 3.63) is 18.0 Å². The number of hydrogen-bond acceptors (Lipinski definition) is 5. The lowest BCUT2D eigenvalue weighted by atomic mass is 9.96. The SMILES string of the molecule is NC(=O)C1CCN(c2ncc(CNC3CC3)cn2)CC1. The molecule has 1 amide bonds. The molecule has 0 atom stereocenters. The van der Waals surface area contributed by atoms with E-state index in [1.165, 1.54) is 12.8 Å². The first-order valence-electron chi connectivity index (χ1n) is 7.31. The van der Waals surface area contributed by atoms with Gasteiger partial charge in [0.15, 0.2) is 0 Å². The monoisotopic (exact) mass is 275 g/mol. The molecule has 2 heterocycles. The number of aromatic nitrogens is 2. The highest BCUT2D eigenvalue weighted by Gasteiger charge is 2.24. The number of carbonyl (C=O) groups is 1. The highest BCUT2D eigenvalue weighted by Crippen LogP contribution is 2.21. The zero-order valence-corrected chi connectivity index (χ0v) is 11.6. The van der Waals surface area contributed by atoms with Crippen LogP contribution in [-0.2, 0) is 11.3 Å². The van der Waals surface area contributed by atoms with Crippen molar-refractivity contribution < 1.29 is 4.79 Å². The van der Waals surface area contributed by atoms with Crippen molar-refractivity contribution in [2.75, 3.05) is 18.0 Å². The molecule has 20 heavy (non-hydrogen) atoms. The predicted octanol–water partition coefficient (Wildman–Crippen LogP) is 0.430. The second kappa shape index (κ2) is 5.75. The maximum Gasteiger partial charge on any atom is 0.225 e. The lowest BCUT2D eigenvalue weighted by molar-refractivity contribution is -0.122. The number of primary amides is 1. The van der Waals surface area contributed by atoms with Crippen molar-refractivity contribution in [1.29, 1.82) is 0 Å². The number of piperidine rings is 1. The van der Waals surface area contributed by atoms with Crippen molar-refractivity contribution in [3.63, 3.8) is 0 Å². The van der Waals surface area contributed by atoms with E-state index in [1.807, 2.05) is 12.4 Å². The van der Waals surface area contributed by atoms with Gasteiger partial charge >= 0.3 is 0 Å². The van der Waals surface area contributed by atoms with Crippen LogP contribution >= 0.6 is 0 Å². The van der Waals surface area contributed by atoms with Gasteiger partial charge < -0.3 is 16.0 Å². The molecule has 2 fully saturated rings. The summed E-state index contributed by atoms with van der Waals surface area (Å²) in [6.45, 7) is 2.44. The Morgan fingerprint density at radius 1 is 1.25 bits per heavy atom. The number of carbonyl (C=O) groups excluding carboxylic acids is 1. The summed E-state index contributed by atoms with van der Waals surface area (Å²) < 4.78 is 0. The third kappa shape index (κ3) is 3.25. The van der Waals surface area contributed by atoms with Crippen molar-refractivity contribution in [1.82, 2.24) is 15.3 Å². The molecule has 3 rings (SSSR count). The smallest absolute Gasteiger partial charge is 0.225 e. The Kier molecular flexibility index (Phi) is 3.82. The van der Waals surface area contributed by atoms with E-state index in [2.05, 4.69) is 20.2 Å². The van der Waals surface area contributed by atoms with E-state index >= 15 is 0 Å². The quantitative estimate of drug-likeness (QED) is 0.814. The van der Waals surface area contributed by atoms with Crippen LogP contribution in [-0.4, -0.2) is 35.0 Å². The molecular formula is C14H21N5O. The van der Waals surface area contributed by atoms with Crippen LogP contribution in [0.15, 0.2) is 12.4 Å². The van der Waals surface area contributed by atoms with Crippen molar-refractivity contribution in [2.45, 2.75) is 38.3 Å². The average Bonchev–Trinajstić information content (AvgIpc) is 3.30. The molecule has 6 nitrogen and oxygen atoms in total. The Bertz CT molecular complexity index is 463. The number of rotatable bonds is 5. The van der Waals surface area contributed by atoms with Gasteiger partial charge in [-0.2, -0.15) is 0 Å². The second-order valence-corrected chi connectivity index (χ2v) is 5.71. The number of amides is 1. The first kappa shape index (κ1) is 13.3. The molecule has 0 aromatic carbocycles. The molecule has 0 radical (unpaired) electrons. The lowest BCUT2D eigenvalue weighted by Crippen LogP contribution is -2.39. The third-order valence-electron chi connectivity index (χ3n) is 4.04. The summed E-state index contributed by atoms with van der Waals surface area (Å²) in [5.74, 6) is 0.573. The van der Waals surface area contributed by atoms with Crippen LogP contribution in [0.5, 0.6) is 0 Å². The number of anilines is 1. The zero-order valence-electron chi connectivity index (χ0n) is 11.6. The molecule has 1 aromatic rings. The number of nitrogens with two attached hydrogens (primary N) is 1. The zero-order chi connectivity index (χ0) is 13.9. The Balaban J connectivity index is 1.53. The summed E-state index contributed by atoms with van der Waals surface area (Å²) in [6.07, 6.45) is 7.94. The Morgan fingerprint density at radius 2 is 1.90 bits per heavy atom. The third-order valence-corrected chi connectivity index (χ3v) is 4.04. The highest BCUT2D eigenvalue weighted by atomic mass is 16.1. The summed E-state index contributed by atoms with van der Waals surface area (Å²) in [4.78, 5) is 22.1. The molecule has 3 N–H and O–H groups in total. The van der Waals surface area contributed by atoms with E-state index in [1.54, 1.807) is 0 Å². The van der Waals surface area contributed by atoms with E-state index in [0.717, 1.165) is 44.0 Å². The fraction of sp³-hybridized carbons (Fsp3) is 0.643. The first-order chi connectivity index (χ1) is 9.72. The van der Waals surface area contributed by atoms with Gasteiger partial charge in [-0.05, 0) is 25.7 Å². The van der Waals surface area contributed by atoms with E-state index in [9.17, 15) is 4.79 Å². The fourth-order valence-electron chi connectivity index (χ4n) is 2.52. The van der Waals surface area contributed by atoms with Crippen LogP contribution in [0.25, 0.3) is 0 Å². The van der Waals surface area contributed by atoms with E-state index in [0.29, 0.717) is 6.04 Å². The Morgan fingerprint density at radius 3 is 2.45 bits per heavy atom. The summed E-state index contributed by atoms with van der Waals surface area (Å²) in [5, 5.41) is 3.45. The molecule has 2 aliphatic rings. The van der Waals surface area contributed by atoms with Crippen LogP contribution in [0.4, 0.5) is 5.95 Å². The van der Waals surface area contributed by atoms with Crippen LogP contribution < -0.4 is 16.0 Å². The van der Waals surface area contributed by atoms with Gasteiger partial charge in [0.05, 0.1) is 0 Å². The largest absolute Gasteiger partial charge is 0.369 e. The minimum atomic E-state index is -0.188. The first-order valence-corrected chi connectivity index (χ1v) is 7.31. The van der Waals surface area contributed by atoms with E-state index in [-0.39, 0.29) is 11.8 Å². The van der Waals surface area contributed by atoms with Gasteiger partial charge in [0, 0.05) is 49.6 Å². The van der Waals surface area contributed by atoms with Gasteiger partial charge in [-0.25, -0.2) is 9.97 Å². The Hall–Kier alpha value is -1.69. The Labute approximate surface area is 118 Å². The van der Waals surface area contributed by atoms with E-state index < -0.39 is 0 Å². The van der Waals surface area contributed by atoms with Gasteiger partial charge in [-0.15, -0.1) is 0 Å². The molecule has 0 spiro atoms. The molecule has 1 saturated carbocycles. The molecule has 0 bridgehead atoms. The van der Waals surface area contributed by atoms with Gasteiger partial charge in [0.2, 0.25) is 11.9 Å². The predicted molar refractivity (Wildman–Crippen MR) is 76.0 cm³/mol. The highest BCUT2D eigenvalue weighted by molar-refractivity contribution is 5.76. The van der Waals surface area contributed by atoms with Gasteiger partial charge in [0.25, 0.3) is 0 Å². The van der Waals surface area contributed by atoms with Crippen LogP contribution in [0.2, 0.25) is 0 Å². The minimum Gasteiger partial charge on any atom is -0.369 e. The molecule has 1 saturated heterocycles. The van der Waals surface area contributed by atoms with Crippen LogP contribution in [0, 0.1) is 5.92 Å². The summed E-state index contributed by atoms with van der Waals surface area (Å²) in [5.41, 5.74) is 6.46. The average molecular weight is 275 g/mol. The second-order valence-electron chi connectivity index (χ2n) is 5.71. The lowest BCUT2D eigenvalue weighted by Gasteiger charge is -2.30. The summed E-state index contributed by atoms with van der Waals surface area (Å²) in [6, 6.07) is 0.697.